The summed E-state index contributed by atoms with van der Waals surface area (Å²) in [6.07, 6.45) is 4.41. The Morgan fingerprint density at radius 2 is 0.809 bits per heavy atom. The maximum atomic E-state index is 5.39. The Morgan fingerprint density at radius 1 is 0.426 bits per heavy atom. The number of aromatic nitrogens is 1. The molecule has 1 aromatic heterocycles. The third-order valence-electron chi connectivity index (χ3n) is 16.0. The molecule has 0 spiro atoms. The first kappa shape index (κ1) is 40.5. The first-order valence-corrected chi connectivity index (χ1v) is 24.1. The van der Waals surface area contributed by atoms with Crippen LogP contribution in [0.25, 0.3) is 33.4 Å². The van der Waals surface area contributed by atoms with Crippen LogP contribution in [0, 0.1) is 0 Å². The summed E-state index contributed by atoms with van der Waals surface area (Å²) >= 11 is 0. The third-order valence-corrected chi connectivity index (χ3v) is 16.0. The summed E-state index contributed by atoms with van der Waals surface area (Å²) < 4.78 is 0. The Hall–Kier alpha value is -7.75. The number of allylic oxidation sites excluding steroid dienone is 1. The minimum absolute atomic E-state index is 0.0681. The molecule has 0 bridgehead atoms. The normalized spacial score (nSPS) is 16.3. The van der Waals surface area contributed by atoms with Crippen molar-refractivity contribution in [3.63, 3.8) is 0 Å². The lowest BCUT2D eigenvalue weighted by atomic mass is 9.64. The molecule has 0 saturated carbocycles. The Kier molecular flexibility index (Phi) is 8.71. The predicted octanol–water partition coefficient (Wildman–Crippen LogP) is 14.4. The molecule has 13 rings (SSSR count). The summed E-state index contributed by atoms with van der Waals surface area (Å²) in [5.41, 5.74) is 21.9. The number of benzene rings is 8. The fraction of sp³-hybridized carbons (Fsp3) is 0.154. The topological polar surface area (TPSA) is 19.4 Å². The van der Waals surface area contributed by atoms with Crippen molar-refractivity contribution in [1.82, 2.24) is 14.8 Å². The van der Waals surface area contributed by atoms with E-state index in [-0.39, 0.29) is 5.41 Å². The summed E-state index contributed by atoms with van der Waals surface area (Å²) in [7, 11) is 2.21. The summed E-state index contributed by atoms with van der Waals surface area (Å²) in [5, 5.41) is 0. The van der Waals surface area contributed by atoms with Gasteiger partial charge in [0, 0.05) is 25.1 Å². The quantitative estimate of drug-likeness (QED) is 0.166. The second kappa shape index (κ2) is 14.6. The van der Waals surface area contributed by atoms with Crippen molar-refractivity contribution >= 4 is 0 Å². The molecule has 0 radical (unpaired) electrons. The highest BCUT2D eigenvalue weighted by molar-refractivity contribution is 5.89. The Balaban J connectivity index is 1.13. The molecule has 0 unspecified atom stereocenters. The second-order valence-electron chi connectivity index (χ2n) is 20.4. The van der Waals surface area contributed by atoms with Gasteiger partial charge in [-0.25, -0.2) is 0 Å². The van der Waals surface area contributed by atoms with E-state index in [2.05, 4.69) is 257 Å². The Labute approximate surface area is 400 Å². The smallest absolute Gasteiger partial charge is 0.118 e. The van der Waals surface area contributed by atoms with Crippen LogP contribution in [0.15, 0.2) is 224 Å². The number of nitrogens with zero attached hydrogens (tertiary/aromatic N) is 3. The van der Waals surface area contributed by atoms with Crippen LogP contribution in [0.4, 0.5) is 0 Å². The van der Waals surface area contributed by atoms with E-state index in [1.165, 1.54) is 100 Å². The number of hydrogen-bond donors (Lipinski definition) is 0. The zero-order valence-electron chi connectivity index (χ0n) is 39.3. The van der Waals surface area contributed by atoms with Gasteiger partial charge in [0.2, 0.25) is 0 Å². The highest BCUT2D eigenvalue weighted by Crippen LogP contribution is 2.61. The van der Waals surface area contributed by atoms with E-state index in [0.29, 0.717) is 0 Å². The molecular formula is C65H53N3. The average Bonchev–Trinajstić information content (AvgIpc) is 4.08. The van der Waals surface area contributed by atoms with Crippen LogP contribution in [-0.4, -0.2) is 28.5 Å². The van der Waals surface area contributed by atoms with Gasteiger partial charge in [-0.05, 0) is 119 Å². The maximum Gasteiger partial charge on any atom is 0.118 e. The first-order valence-electron chi connectivity index (χ1n) is 24.1. The van der Waals surface area contributed by atoms with Crippen molar-refractivity contribution in [2.24, 2.45) is 0 Å². The maximum absolute atomic E-state index is 5.39. The molecule has 2 heterocycles. The minimum atomic E-state index is -0.682. The highest BCUT2D eigenvalue weighted by Gasteiger charge is 2.53. The molecule has 0 atom stereocenters. The molecule has 0 N–H and O–H groups in total. The highest BCUT2D eigenvalue weighted by atomic mass is 15.4. The van der Waals surface area contributed by atoms with Gasteiger partial charge in [0.1, 0.15) is 5.54 Å². The van der Waals surface area contributed by atoms with Gasteiger partial charge < -0.3 is 9.80 Å². The largest absolute Gasteiger partial charge is 0.359 e. The minimum Gasteiger partial charge on any atom is -0.359 e. The van der Waals surface area contributed by atoms with Gasteiger partial charge in [0.05, 0.1) is 23.2 Å². The molecule has 0 amide bonds. The van der Waals surface area contributed by atoms with Gasteiger partial charge >= 0.3 is 0 Å². The summed E-state index contributed by atoms with van der Waals surface area (Å²) in [6.45, 7) is 9.90. The fourth-order valence-corrected chi connectivity index (χ4v) is 13.0. The number of fused-ring (bicyclic) bond motifs is 9. The predicted molar refractivity (Wildman–Crippen MR) is 278 cm³/mol. The molecule has 0 fully saturated rings. The Morgan fingerprint density at radius 3 is 1.25 bits per heavy atom. The fourth-order valence-electron chi connectivity index (χ4n) is 13.0. The van der Waals surface area contributed by atoms with Gasteiger partial charge in [-0.1, -0.05) is 215 Å². The van der Waals surface area contributed by atoms with Crippen LogP contribution in [0.5, 0.6) is 0 Å². The molecular weight excluding hydrogens is 823 g/mol. The van der Waals surface area contributed by atoms with Crippen molar-refractivity contribution in [1.29, 1.82) is 0 Å². The lowest BCUT2D eigenvalue weighted by molar-refractivity contribution is 0.195. The lowest BCUT2D eigenvalue weighted by Crippen LogP contribution is -2.45. The molecule has 0 saturated heterocycles. The summed E-state index contributed by atoms with van der Waals surface area (Å²) in [4.78, 5) is 10.4. The summed E-state index contributed by atoms with van der Waals surface area (Å²) in [6, 6.07) is 78.4. The molecule has 3 heteroatoms. The van der Waals surface area contributed by atoms with Crippen molar-refractivity contribution < 1.29 is 0 Å². The number of pyridine rings is 1. The second-order valence-corrected chi connectivity index (χ2v) is 20.4. The van der Waals surface area contributed by atoms with Crippen LogP contribution >= 0.6 is 0 Å². The van der Waals surface area contributed by atoms with E-state index in [4.69, 9.17) is 4.98 Å². The van der Waals surface area contributed by atoms with Crippen molar-refractivity contribution in [2.45, 2.75) is 49.5 Å². The molecule has 4 aliphatic rings. The monoisotopic (exact) mass is 875 g/mol. The molecule has 68 heavy (non-hydrogen) atoms. The van der Waals surface area contributed by atoms with Crippen LogP contribution in [0.1, 0.15) is 94.6 Å². The Bertz CT molecular complexity index is 3410. The van der Waals surface area contributed by atoms with Crippen LogP contribution < -0.4 is 0 Å². The van der Waals surface area contributed by atoms with E-state index >= 15 is 0 Å². The van der Waals surface area contributed by atoms with Gasteiger partial charge in [-0.3, -0.25) is 4.98 Å². The van der Waals surface area contributed by atoms with Gasteiger partial charge in [-0.15, -0.1) is 0 Å². The zero-order chi connectivity index (χ0) is 46.0. The van der Waals surface area contributed by atoms with E-state index in [1.807, 2.05) is 6.20 Å². The van der Waals surface area contributed by atoms with E-state index in [1.54, 1.807) is 0 Å². The molecule has 328 valence electrons. The van der Waals surface area contributed by atoms with Gasteiger partial charge in [0.15, 0.2) is 0 Å². The SMILES string of the molecule is CC1=CN(C2(c3cccc(C4(c5cccc(C6(c7cc(C(C)(C)C)ccn7)c7ccccc7-c7ccccc76)c5)c5ccccc5-c5ccccc54)c3)c3ccccc3-c3ccccc32)CN1C. The van der Waals surface area contributed by atoms with E-state index in [0.717, 1.165) is 12.4 Å². The molecule has 9 aromatic rings. The standard InChI is InChI=1S/C65H53N3/c1-43-41-68(42-67(43)5)65(59-34-16-10-28-53(59)54-29-11-17-35-60(54)65)48-23-19-21-46(39-48)63(55-30-12-6-24-49(55)50-25-7-13-31-56(50)63)45-20-18-22-47(38-45)64(61-40-44(36-37-66-61)62(2,3)4)57-32-14-8-26-51(57)52-27-9-15-33-58(52)64/h6-41H,42H2,1-5H3. The lowest BCUT2D eigenvalue weighted by Gasteiger charge is -2.43. The van der Waals surface area contributed by atoms with Crippen LogP contribution in [0.3, 0.4) is 0 Å². The molecule has 3 aliphatic carbocycles. The number of rotatable bonds is 6. The molecule has 3 nitrogen and oxygen atoms in total. The average molecular weight is 876 g/mol. The van der Waals surface area contributed by atoms with Crippen molar-refractivity contribution in [3.8, 4) is 33.4 Å². The van der Waals surface area contributed by atoms with Gasteiger partial charge in [0.25, 0.3) is 0 Å². The molecule has 1 aliphatic heterocycles. The van der Waals surface area contributed by atoms with Gasteiger partial charge in [-0.2, -0.15) is 0 Å². The summed E-state index contributed by atoms with van der Waals surface area (Å²) in [5.74, 6) is 0. The number of hydrogen-bond acceptors (Lipinski definition) is 3. The first-order chi connectivity index (χ1) is 33.2. The van der Waals surface area contributed by atoms with Crippen LogP contribution in [0.2, 0.25) is 0 Å². The molecule has 8 aromatic carbocycles. The van der Waals surface area contributed by atoms with E-state index < -0.39 is 16.4 Å². The van der Waals surface area contributed by atoms with Crippen molar-refractivity contribution in [3.05, 3.63) is 291 Å². The van der Waals surface area contributed by atoms with E-state index in [9.17, 15) is 0 Å². The van der Waals surface area contributed by atoms with Crippen LogP contribution in [-0.2, 0) is 21.8 Å². The van der Waals surface area contributed by atoms with Crippen molar-refractivity contribution in [2.75, 3.05) is 13.7 Å². The third kappa shape index (κ3) is 5.27. The zero-order valence-corrected chi connectivity index (χ0v) is 39.3.